The van der Waals surface area contributed by atoms with Gasteiger partial charge >= 0.3 is 0 Å². The van der Waals surface area contributed by atoms with Gasteiger partial charge in [-0.25, -0.2) is 4.39 Å². The fourth-order valence-corrected chi connectivity index (χ4v) is 3.29. The zero-order chi connectivity index (χ0) is 15.4. The zero-order valence-corrected chi connectivity index (χ0v) is 12.8. The van der Waals surface area contributed by atoms with Crippen LogP contribution in [-0.4, -0.2) is 30.8 Å². The molecule has 0 bridgehead atoms. The molecule has 2 aromatic rings. The van der Waals surface area contributed by atoms with Crippen LogP contribution in [0.3, 0.4) is 0 Å². The number of nitrogens with one attached hydrogen (secondary N) is 1. The molecule has 1 aromatic heterocycles. The predicted octanol–water partition coefficient (Wildman–Crippen LogP) is 2.69. The van der Waals surface area contributed by atoms with Crippen molar-refractivity contribution in [1.82, 2.24) is 5.32 Å². The summed E-state index contributed by atoms with van der Waals surface area (Å²) in [7, 11) is 1.51. The molecule has 21 heavy (non-hydrogen) atoms. The summed E-state index contributed by atoms with van der Waals surface area (Å²) in [5.74, 6) is -0.660. The second kappa shape index (κ2) is 6.98. The number of hydrogen-bond donors (Lipinski definition) is 2. The number of benzene rings is 1. The van der Waals surface area contributed by atoms with E-state index < -0.39 is 0 Å². The number of hydrogen-bond acceptors (Lipinski definition) is 4. The highest BCUT2D eigenvalue weighted by Gasteiger charge is 2.22. The van der Waals surface area contributed by atoms with Crippen molar-refractivity contribution >= 4 is 27.3 Å². The lowest BCUT2D eigenvalue weighted by Gasteiger charge is -2.14. The van der Waals surface area contributed by atoms with E-state index in [1.165, 1.54) is 24.5 Å². The molecule has 1 heterocycles. The molecule has 6 heteroatoms. The van der Waals surface area contributed by atoms with Crippen LogP contribution in [0.2, 0.25) is 0 Å². The second-order valence-electron chi connectivity index (χ2n) is 4.72. The van der Waals surface area contributed by atoms with E-state index in [4.69, 9.17) is 4.74 Å². The lowest BCUT2D eigenvalue weighted by Crippen LogP contribution is -2.36. The van der Waals surface area contributed by atoms with Crippen molar-refractivity contribution in [3.8, 4) is 0 Å². The summed E-state index contributed by atoms with van der Waals surface area (Å²) < 4.78 is 19.8. The summed E-state index contributed by atoms with van der Waals surface area (Å²) in [6.45, 7) is 1.92. The number of aliphatic hydroxyl groups is 1. The molecule has 0 aliphatic carbocycles. The Labute approximate surface area is 126 Å². The van der Waals surface area contributed by atoms with Gasteiger partial charge in [-0.2, -0.15) is 0 Å². The van der Waals surface area contributed by atoms with E-state index in [-0.39, 0.29) is 31.0 Å². The first-order valence-electron chi connectivity index (χ1n) is 6.72. The molecule has 1 unspecified atom stereocenters. The van der Waals surface area contributed by atoms with Gasteiger partial charge in [-0.15, -0.1) is 11.3 Å². The van der Waals surface area contributed by atoms with Crippen LogP contribution in [0.1, 0.15) is 28.6 Å². The summed E-state index contributed by atoms with van der Waals surface area (Å²) in [6, 6.07) is 4.47. The lowest BCUT2D eigenvalue weighted by molar-refractivity contribution is 0.0915. The molecule has 4 nitrogen and oxygen atoms in total. The Morgan fingerprint density at radius 3 is 2.90 bits per heavy atom. The molecule has 2 rings (SSSR count). The van der Waals surface area contributed by atoms with E-state index in [1.54, 1.807) is 12.1 Å². The van der Waals surface area contributed by atoms with E-state index in [1.807, 2.05) is 6.92 Å². The zero-order valence-electron chi connectivity index (χ0n) is 12.0. The van der Waals surface area contributed by atoms with E-state index in [0.717, 1.165) is 0 Å². The fourth-order valence-electron chi connectivity index (χ4n) is 2.16. The molecule has 1 amide bonds. The third-order valence-corrected chi connectivity index (χ3v) is 4.50. The molecule has 1 atom stereocenters. The van der Waals surface area contributed by atoms with E-state index >= 15 is 0 Å². The summed E-state index contributed by atoms with van der Waals surface area (Å²) in [5.41, 5.74) is 0.556. The predicted molar refractivity (Wildman–Crippen MR) is 81.1 cm³/mol. The maximum Gasteiger partial charge on any atom is 0.262 e. The Morgan fingerprint density at radius 2 is 2.29 bits per heavy atom. The van der Waals surface area contributed by atoms with Crippen LogP contribution >= 0.6 is 11.3 Å². The molecule has 114 valence electrons. The quantitative estimate of drug-likeness (QED) is 0.862. The average molecular weight is 311 g/mol. The van der Waals surface area contributed by atoms with Gasteiger partial charge in [-0.1, -0.05) is 13.0 Å². The molecule has 0 radical (unpaired) electrons. The molecule has 0 spiro atoms. The minimum atomic E-state index is -0.357. The fraction of sp³-hybridized carbons (Fsp3) is 0.400. The smallest absolute Gasteiger partial charge is 0.262 e. The van der Waals surface area contributed by atoms with Gasteiger partial charge in [0.15, 0.2) is 0 Å². The molecule has 0 saturated heterocycles. The number of carbonyl (C=O) groups is 1. The maximum atomic E-state index is 14.0. The third-order valence-electron chi connectivity index (χ3n) is 3.31. The van der Waals surface area contributed by atoms with Crippen molar-refractivity contribution in [2.24, 2.45) is 0 Å². The Hall–Kier alpha value is -1.50. The van der Waals surface area contributed by atoms with Crippen molar-refractivity contribution < 1.29 is 19.0 Å². The average Bonchev–Trinajstić information content (AvgIpc) is 2.85. The lowest BCUT2D eigenvalue weighted by atomic mass is 10.1. The number of methoxy groups -OCH3 is 1. The molecule has 2 N–H and O–H groups in total. The second-order valence-corrected chi connectivity index (χ2v) is 5.77. The summed E-state index contributed by atoms with van der Waals surface area (Å²) in [6.07, 6.45) is 0.626. The first-order valence-corrected chi connectivity index (χ1v) is 7.54. The Kier molecular flexibility index (Phi) is 5.27. The number of aliphatic hydroxyl groups excluding tert-OH is 1. The van der Waals surface area contributed by atoms with Gasteiger partial charge in [-0.3, -0.25) is 4.79 Å². The van der Waals surface area contributed by atoms with Crippen molar-refractivity contribution in [1.29, 1.82) is 0 Å². The van der Waals surface area contributed by atoms with Crippen LogP contribution in [0.4, 0.5) is 4.39 Å². The molecule has 0 aliphatic heterocycles. The minimum Gasteiger partial charge on any atom is -0.394 e. The van der Waals surface area contributed by atoms with Crippen LogP contribution in [0.5, 0.6) is 0 Å². The van der Waals surface area contributed by atoms with Gasteiger partial charge in [0.2, 0.25) is 0 Å². The van der Waals surface area contributed by atoms with Crippen molar-refractivity contribution in [2.45, 2.75) is 26.0 Å². The van der Waals surface area contributed by atoms with Crippen molar-refractivity contribution in [2.75, 3.05) is 13.7 Å². The highest BCUT2D eigenvalue weighted by molar-refractivity contribution is 7.21. The molecule has 0 fully saturated rings. The largest absolute Gasteiger partial charge is 0.394 e. The number of halogens is 1. The van der Waals surface area contributed by atoms with E-state index in [0.29, 0.717) is 26.9 Å². The van der Waals surface area contributed by atoms with Crippen LogP contribution in [0.15, 0.2) is 18.2 Å². The van der Waals surface area contributed by atoms with Crippen LogP contribution in [-0.2, 0) is 11.3 Å². The van der Waals surface area contributed by atoms with Crippen LogP contribution in [0.25, 0.3) is 10.1 Å². The topological polar surface area (TPSA) is 58.6 Å². The van der Waals surface area contributed by atoms with Gasteiger partial charge in [0, 0.05) is 22.8 Å². The first-order chi connectivity index (χ1) is 10.1. The summed E-state index contributed by atoms with van der Waals surface area (Å²) >= 11 is 1.24. The van der Waals surface area contributed by atoms with Gasteiger partial charge in [0.1, 0.15) is 5.82 Å². The highest BCUT2D eigenvalue weighted by Crippen LogP contribution is 2.33. The SMILES string of the molecule is CCC(CO)NC(=O)c1sc2cccc(F)c2c1COC. The number of thiophene rings is 1. The van der Waals surface area contributed by atoms with Crippen LogP contribution < -0.4 is 5.32 Å². The van der Waals surface area contributed by atoms with Crippen molar-refractivity contribution in [3.05, 3.63) is 34.5 Å². The van der Waals surface area contributed by atoms with E-state index in [9.17, 15) is 14.3 Å². The molecule has 0 saturated carbocycles. The Morgan fingerprint density at radius 1 is 1.52 bits per heavy atom. The van der Waals surface area contributed by atoms with E-state index in [2.05, 4.69) is 5.32 Å². The van der Waals surface area contributed by atoms with Crippen molar-refractivity contribution in [3.63, 3.8) is 0 Å². The third kappa shape index (κ3) is 3.23. The highest BCUT2D eigenvalue weighted by atomic mass is 32.1. The number of fused-ring (bicyclic) bond motifs is 1. The molecular formula is C15H18FNO3S. The van der Waals surface area contributed by atoms with Gasteiger partial charge in [0.05, 0.1) is 24.1 Å². The molecule has 0 aliphatic rings. The maximum absolute atomic E-state index is 14.0. The van der Waals surface area contributed by atoms with Crippen LogP contribution in [0, 0.1) is 5.82 Å². The van der Waals surface area contributed by atoms with Gasteiger partial charge in [-0.05, 0) is 18.6 Å². The monoisotopic (exact) mass is 311 g/mol. The standard InChI is InChI=1S/C15H18FNO3S/c1-3-9(7-18)17-15(19)14-10(8-20-2)13-11(16)5-4-6-12(13)21-14/h4-6,9,18H,3,7-8H2,1-2H3,(H,17,19). The number of rotatable bonds is 6. The first kappa shape index (κ1) is 15.9. The molecule has 1 aromatic carbocycles. The Bertz CT molecular complexity index is 637. The van der Waals surface area contributed by atoms with Gasteiger partial charge in [0.25, 0.3) is 5.91 Å². The summed E-state index contributed by atoms with van der Waals surface area (Å²) in [4.78, 5) is 12.8. The van der Waals surface area contributed by atoms with Gasteiger partial charge < -0.3 is 15.2 Å². The number of amides is 1. The molecular weight excluding hydrogens is 293 g/mol. The number of carbonyl (C=O) groups excluding carboxylic acids is 1. The minimum absolute atomic E-state index is 0.124. The Balaban J connectivity index is 2.45. The normalized spacial score (nSPS) is 12.6. The summed E-state index contributed by atoms with van der Waals surface area (Å²) in [5, 5.41) is 12.4. The number of ether oxygens (including phenoxy) is 1.